The van der Waals surface area contributed by atoms with Crippen molar-refractivity contribution in [2.45, 2.75) is 32.6 Å². The second-order valence-corrected chi connectivity index (χ2v) is 2.25. The summed E-state index contributed by atoms with van der Waals surface area (Å²) in [5, 5.41) is 2.81. The molecule has 0 heterocycles. The highest BCUT2D eigenvalue weighted by atomic mass is 16.1. The maximum Gasteiger partial charge on any atom is 0.292 e. The molecule has 4 nitrogen and oxygen atoms in total. The van der Waals surface area contributed by atoms with E-state index in [1.165, 1.54) is 0 Å². The molecule has 0 spiro atoms. The topological polar surface area (TPSA) is 65.8 Å². The monoisotopic (exact) mass is 165 g/mol. The molecule has 0 aromatic carbocycles. The molecule has 64 valence electrons. The lowest BCUT2D eigenvalue weighted by atomic mass is 10.2. The number of hydrogen-bond donors (Lipinski definition) is 0. The molecule has 0 N–H and O–H groups in total. The molecule has 0 aliphatic heterocycles. The first-order chi connectivity index (χ1) is 5.81. The Hall–Kier alpha value is -1.46. The third kappa shape index (κ3) is 6.66. The fraction of sp³-hybridized carbons (Fsp3) is 0.625. The summed E-state index contributed by atoms with van der Waals surface area (Å²) in [4.78, 5) is 12.8. The highest BCUT2D eigenvalue weighted by Crippen LogP contribution is 1.96. The molecule has 0 saturated carbocycles. The van der Waals surface area contributed by atoms with Gasteiger partial charge in [0.1, 0.15) is 0 Å². The van der Waals surface area contributed by atoms with Crippen molar-refractivity contribution in [3.63, 3.8) is 0 Å². The lowest BCUT2D eigenvalue weighted by Gasteiger charge is -1.87. The minimum Gasteiger partial charge on any atom is -0.278 e. The van der Waals surface area contributed by atoms with Crippen molar-refractivity contribution in [3.8, 4) is 11.8 Å². The molecule has 0 aromatic rings. The number of azide groups is 1. The van der Waals surface area contributed by atoms with Crippen LogP contribution in [0.1, 0.15) is 32.6 Å². The van der Waals surface area contributed by atoms with E-state index in [2.05, 4.69) is 28.8 Å². The van der Waals surface area contributed by atoms with Crippen molar-refractivity contribution in [2.75, 3.05) is 0 Å². The molecule has 0 aliphatic rings. The number of hydrogen-bond acceptors (Lipinski definition) is 1. The van der Waals surface area contributed by atoms with Crippen LogP contribution in [0.15, 0.2) is 5.11 Å². The highest BCUT2D eigenvalue weighted by Gasteiger charge is 1.86. The predicted molar refractivity (Wildman–Crippen MR) is 46.1 cm³/mol. The van der Waals surface area contributed by atoms with Gasteiger partial charge in [-0.15, -0.1) is 0 Å². The van der Waals surface area contributed by atoms with Crippen molar-refractivity contribution >= 4 is 5.91 Å². The van der Waals surface area contributed by atoms with Crippen LogP contribution in [0.2, 0.25) is 0 Å². The minimum atomic E-state index is -0.700. The summed E-state index contributed by atoms with van der Waals surface area (Å²) in [5.41, 5.74) is 7.85. The van der Waals surface area contributed by atoms with Crippen LogP contribution in [-0.2, 0) is 4.79 Å². The number of amides is 1. The van der Waals surface area contributed by atoms with E-state index in [1.807, 2.05) is 0 Å². The van der Waals surface area contributed by atoms with Crippen molar-refractivity contribution < 1.29 is 4.79 Å². The van der Waals surface area contributed by atoms with E-state index >= 15 is 0 Å². The molecule has 0 bridgehead atoms. The van der Waals surface area contributed by atoms with Crippen LogP contribution < -0.4 is 0 Å². The molecule has 1 amide bonds. The summed E-state index contributed by atoms with van der Waals surface area (Å²) in [5.74, 6) is 4.17. The Morgan fingerprint density at radius 3 is 2.92 bits per heavy atom. The average molecular weight is 165 g/mol. The fourth-order valence-electron chi connectivity index (χ4n) is 0.667. The Morgan fingerprint density at radius 1 is 1.58 bits per heavy atom. The zero-order valence-corrected chi connectivity index (χ0v) is 7.08. The number of carbonyl (C=O) groups excluding carboxylic acids is 1. The summed E-state index contributed by atoms with van der Waals surface area (Å²) >= 11 is 0. The Balaban J connectivity index is 3.58. The van der Waals surface area contributed by atoms with Gasteiger partial charge in [-0.25, -0.2) is 0 Å². The first kappa shape index (κ1) is 10.5. The number of unbranched alkanes of at least 4 members (excludes halogenated alkanes) is 3. The molecule has 0 radical (unpaired) electrons. The summed E-state index contributed by atoms with van der Waals surface area (Å²) in [6, 6.07) is 0. The summed E-state index contributed by atoms with van der Waals surface area (Å²) in [6.45, 7) is 2.10. The van der Waals surface area contributed by atoms with Gasteiger partial charge >= 0.3 is 0 Å². The maximum atomic E-state index is 10.5. The first-order valence-electron chi connectivity index (χ1n) is 3.89. The van der Waals surface area contributed by atoms with Gasteiger partial charge in [-0.2, -0.15) is 0 Å². The number of rotatable bonds is 3. The largest absolute Gasteiger partial charge is 0.292 e. The number of nitrogens with zero attached hydrogens (tertiary/aromatic N) is 3. The highest BCUT2D eigenvalue weighted by molar-refractivity contribution is 5.94. The van der Waals surface area contributed by atoms with Crippen LogP contribution in [0, 0.1) is 11.8 Å². The van der Waals surface area contributed by atoms with E-state index in [0.29, 0.717) is 6.42 Å². The van der Waals surface area contributed by atoms with Gasteiger partial charge in [0.05, 0.1) is 0 Å². The van der Waals surface area contributed by atoms with E-state index in [0.717, 1.165) is 19.3 Å². The molecule has 0 aromatic heterocycles. The molecule has 4 heteroatoms. The zero-order valence-electron chi connectivity index (χ0n) is 7.08. The van der Waals surface area contributed by atoms with E-state index in [4.69, 9.17) is 5.53 Å². The normalized spacial score (nSPS) is 7.75. The second-order valence-electron chi connectivity index (χ2n) is 2.25. The molecule has 0 unspecified atom stereocenters. The molecule has 0 saturated heterocycles. The quantitative estimate of drug-likeness (QED) is 0.208. The second kappa shape index (κ2) is 7.64. The molecular formula is C8H11N3O. The Bertz CT molecular complexity index is 243. The third-order valence-corrected chi connectivity index (χ3v) is 1.24. The van der Waals surface area contributed by atoms with Gasteiger partial charge in [0, 0.05) is 11.3 Å². The Labute approximate surface area is 71.6 Å². The molecule has 0 rings (SSSR count). The Kier molecular flexibility index (Phi) is 6.71. The van der Waals surface area contributed by atoms with Crippen LogP contribution >= 0.6 is 0 Å². The van der Waals surface area contributed by atoms with Gasteiger partial charge in [-0.3, -0.25) is 4.79 Å². The van der Waals surface area contributed by atoms with E-state index in [9.17, 15) is 4.79 Å². The van der Waals surface area contributed by atoms with Crippen LogP contribution in [0.25, 0.3) is 10.4 Å². The van der Waals surface area contributed by atoms with E-state index in [-0.39, 0.29) is 0 Å². The van der Waals surface area contributed by atoms with Crippen molar-refractivity contribution in [3.05, 3.63) is 10.4 Å². The predicted octanol–water partition coefficient (Wildman–Crippen LogP) is 2.41. The van der Waals surface area contributed by atoms with E-state index < -0.39 is 5.91 Å². The van der Waals surface area contributed by atoms with Crippen LogP contribution in [0.4, 0.5) is 0 Å². The third-order valence-electron chi connectivity index (χ3n) is 1.24. The van der Waals surface area contributed by atoms with Gasteiger partial charge in [0.2, 0.25) is 0 Å². The smallest absolute Gasteiger partial charge is 0.278 e. The van der Waals surface area contributed by atoms with Crippen LogP contribution in [0.5, 0.6) is 0 Å². The summed E-state index contributed by atoms with van der Waals surface area (Å²) < 4.78 is 0. The van der Waals surface area contributed by atoms with Crippen molar-refractivity contribution in [1.29, 1.82) is 0 Å². The lowest BCUT2D eigenvalue weighted by molar-refractivity contribution is -0.112. The average Bonchev–Trinajstić information content (AvgIpc) is 2.05. The Morgan fingerprint density at radius 2 is 2.33 bits per heavy atom. The maximum absolute atomic E-state index is 10.5. The molecule has 0 aliphatic carbocycles. The number of carbonyl (C=O) groups is 1. The van der Waals surface area contributed by atoms with Crippen LogP contribution in [0.3, 0.4) is 0 Å². The van der Waals surface area contributed by atoms with Gasteiger partial charge in [0.15, 0.2) is 0 Å². The molecular weight excluding hydrogens is 154 g/mol. The van der Waals surface area contributed by atoms with Crippen molar-refractivity contribution in [1.82, 2.24) is 0 Å². The van der Waals surface area contributed by atoms with Gasteiger partial charge in [-0.1, -0.05) is 25.7 Å². The van der Waals surface area contributed by atoms with Gasteiger partial charge in [0.25, 0.3) is 5.91 Å². The zero-order chi connectivity index (χ0) is 9.23. The van der Waals surface area contributed by atoms with Gasteiger partial charge in [-0.05, 0) is 23.0 Å². The SMILES string of the molecule is CCCCCC#CC(=O)N=[N+]=[N-]. The summed E-state index contributed by atoms with van der Waals surface area (Å²) in [7, 11) is 0. The summed E-state index contributed by atoms with van der Waals surface area (Å²) in [6.07, 6.45) is 3.93. The van der Waals surface area contributed by atoms with E-state index in [1.54, 1.807) is 0 Å². The standard InChI is InChI=1S/C8H11N3O/c1-2-3-4-5-6-7-8(12)10-11-9/h2-5H2,1H3. The molecule has 0 fully saturated rings. The molecule has 0 atom stereocenters. The molecule has 12 heavy (non-hydrogen) atoms. The van der Waals surface area contributed by atoms with Crippen molar-refractivity contribution in [2.24, 2.45) is 5.11 Å². The minimum absolute atomic E-state index is 0.695. The first-order valence-corrected chi connectivity index (χ1v) is 3.89. The fourth-order valence-corrected chi connectivity index (χ4v) is 0.667. The van der Waals surface area contributed by atoms with Gasteiger partial charge < -0.3 is 0 Å². The van der Waals surface area contributed by atoms with Crippen LogP contribution in [-0.4, -0.2) is 5.91 Å². The lowest BCUT2D eigenvalue weighted by Crippen LogP contribution is -1.83.